The second-order valence-corrected chi connectivity index (χ2v) is 8.26. The molecule has 0 aromatic heterocycles. The van der Waals surface area contributed by atoms with E-state index in [0.29, 0.717) is 0 Å². The fraction of sp³-hybridized carbons (Fsp3) is 0.500. The number of nitrogens with one attached hydrogen (secondary N) is 1. The zero-order chi connectivity index (χ0) is 20.0. The van der Waals surface area contributed by atoms with Crippen molar-refractivity contribution in [1.82, 2.24) is 9.62 Å². The van der Waals surface area contributed by atoms with Crippen molar-refractivity contribution in [3.63, 3.8) is 0 Å². The molecule has 0 unspecified atom stereocenters. The SMILES string of the molecule is C[C@H]1CCC[C@H](C)N1C(=O)COC(=O)CNS(=O)(=O)c1ccccc1C#N. The predicted octanol–water partition coefficient (Wildman–Crippen LogP) is 1.17. The molecule has 27 heavy (non-hydrogen) atoms. The Morgan fingerprint density at radius 3 is 2.52 bits per heavy atom. The standard InChI is InChI=1S/C18H23N3O5S/c1-13-6-5-7-14(2)21(13)17(22)12-26-18(23)11-20-27(24,25)16-9-4-3-8-15(16)10-19/h3-4,8-9,13-14,20H,5-7,11-12H2,1-2H3/t13-,14-/m0/s1. The van der Waals surface area contributed by atoms with Gasteiger partial charge in [-0.25, -0.2) is 8.42 Å². The van der Waals surface area contributed by atoms with Crippen molar-refractivity contribution in [1.29, 1.82) is 5.26 Å². The molecule has 1 N–H and O–H groups in total. The van der Waals surface area contributed by atoms with E-state index in [2.05, 4.69) is 4.72 Å². The summed E-state index contributed by atoms with van der Waals surface area (Å²) in [4.78, 5) is 25.6. The molecular weight excluding hydrogens is 370 g/mol. The van der Waals surface area contributed by atoms with E-state index in [1.807, 2.05) is 13.8 Å². The molecule has 1 aliphatic heterocycles. The van der Waals surface area contributed by atoms with Crippen LogP contribution in [0.4, 0.5) is 0 Å². The number of benzene rings is 1. The first-order chi connectivity index (χ1) is 12.8. The fourth-order valence-corrected chi connectivity index (χ4v) is 4.33. The Morgan fingerprint density at radius 2 is 1.89 bits per heavy atom. The van der Waals surface area contributed by atoms with Crippen molar-refractivity contribution in [3.05, 3.63) is 29.8 Å². The number of esters is 1. The number of likely N-dealkylation sites (tertiary alicyclic amines) is 1. The van der Waals surface area contributed by atoms with Gasteiger partial charge in [-0.2, -0.15) is 9.98 Å². The van der Waals surface area contributed by atoms with Crippen LogP contribution in [0, 0.1) is 11.3 Å². The van der Waals surface area contributed by atoms with E-state index in [0.717, 1.165) is 19.3 Å². The van der Waals surface area contributed by atoms with Crippen LogP contribution in [0.15, 0.2) is 29.2 Å². The minimum Gasteiger partial charge on any atom is -0.455 e. The topological polar surface area (TPSA) is 117 Å². The summed E-state index contributed by atoms with van der Waals surface area (Å²) in [5.41, 5.74) is -0.0263. The second-order valence-electron chi connectivity index (χ2n) is 6.52. The maximum absolute atomic E-state index is 12.3. The molecule has 0 spiro atoms. The maximum Gasteiger partial charge on any atom is 0.321 e. The molecule has 0 bridgehead atoms. The van der Waals surface area contributed by atoms with E-state index in [9.17, 15) is 18.0 Å². The second kappa shape index (κ2) is 8.97. The average molecular weight is 393 g/mol. The quantitative estimate of drug-likeness (QED) is 0.725. The van der Waals surface area contributed by atoms with Crippen LogP contribution in [-0.4, -0.2) is 50.4 Å². The van der Waals surface area contributed by atoms with Crippen LogP contribution in [0.25, 0.3) is 0 Å². The molecule has 2 rings (SSSR count). The lowest BCUT2D eigenvalue weighted by Crippen LogP contribution is -2.49. The van der Waals surface area contributed by atoms with Crippen molar-refractivity contribution in [2.75, 3.05) is 13.2 Å². The number of rotatable bonds is 6. The summed E-state index contributed by atoms with van der Waals surface area (Å²) < 4.78 is 31.5. The first-order valence-corrected chi connectivity index (χ1v) is 10.2. The summed E-state index contributed by atoms with van der Waals surface area (Å²) in [6, 6.07) is 7.62. The minimum absolute atomic E-state index is 0.0263. The highest BCUT2D eigenvalue weighted by molar-refractivity contribution is 7.89. The Morgan fingerprint density at radius 1 is 1.26 bits per heavy atom. The Hall–Kier alpha value is -2.44. The van der Waals surface area contributed by atoms with Crippen LogP contribution in [0.5, 0.6) is 0 Å². The third-order valence-electron chi connectivity index (χ3n) is 4.54. The average Bonchev–Trinajstić information content (AvgIpc) is 2.64. The highest BCUT2D eigenvalue weighted by Crippen LogP contribution is 2.22. The molecule has 146 valence electrons. The van der Waals surface area contributed by atoms with Crippen molar-refractivity contribution in [2.24, 2.45) is 0 Å². The number of sulfonamides is 1. The highest BCUT2D eigenvalue weighted by atomic mass is 32.2. The van der Waals surface area contributed by atoms with E-state index in [-0.39, 0.29) is 28.4 Å². The van der Waals surface area contributed by atoms with Crippen molar-refractivity contribution >= 4 is 21.9 Å². The Bertz CT molecular complexity index is 837. The number of nitriles is 1. The third-order valence-corrected chi connectivity index (χ3v) is 6.00. The highest BCUT2D eigenvalue weighted by Gasteiger charge is 2.29. The Labute approximate surface area is 159 Å². The van der Waals surface area contributed by atoms with E-state index in [1.165, 1.54) is 18.2 Å². The van der Waals surface area contributed by atoms with Gasteiger partial charge in [0, 0.05) is 12.1 Å². The zero-order valence-electron chi connectivity index (χ0n) is 15.3. The fourth-order valence-electron chi connectivity index (χ4n) is 3.21. The van der Waals surface area contributed by atoms with Crippen LogP contribution in [0.3, 0.4) is 0 Å². The molecule has 1 fully saturated rings. The van der Waals surface area contributed by atoms with Crippen LogP contribution in [0.2, 0.25) is 0 Å². The molecule has 1 heterocycles. The van der Waals surface area contributed by atoms with Crippen LogP contribution < -0.4 is 4.72 Å². The van der Waals surface area contributed by atoms with Crippen molar-refractivity contribution < 1.29 is 22.7 Å². The molecule has 1 aromatic rings. The van der Waals surface area contributed by atoms with Crippen LogP contribution in [-0.2, 0) is 24.3 Å². The smallest absolute Gasteiger partial charge is 0.321 e. The number of ether oxygens (including phenoxy) is 1. The molecule has 1 saturated heterocycles. The summed E-state index contributed by atoms with van der Waals surface area (Å²) in [5.74, 6) is -1.15. The van der Waals surface area contributed by atoms with Gasteiger partial charge in [0.25, 0.3) is 5.91 Å². The zero-order valence-corrected chi connectivity index (χ0v) is 16.2. The van der Waals surface area contributed by atoms with Gasteiger partial charge < -0.3 is 9.64 Å². The molecule has 1 amide bonds. The van der Waals surface area contributed by atoms with E-state index in [1.54, 1.807) is 17.0 Å². The predicted molar refractivity (Wildman–Crippen MR) is 96.9 cm³/mol. The molecule has 0 aliphatic carbocycles. The first kappa shape index (κ1) is 20.9. The summed E-state index contributed by atoms with van der Waals surface area (Å²) in [7, 11) is -4.04. The molecule has 8 nitrogen and oxygen atoms in total. The Kier molecular flexibility index (Phi) is 6.93. The number of carbonyl (C=O) groups is 2. The summed E-state index contributed by atoms with van der Waals surface area (Å²) in [6.45, 7) is 2.86. The van der Waals surface area contributed by atoms with Gasteiger partial charge in [0.2, 0.25) is 10.0 Å². The number of hydrogen-bond donors (Lipinski definition) is 1. The lowest BCUT2D eigenvalue weighted by atomic mass is 9.97. The van der Waals surface area contributed by atoms with Gasteiger partial charge in [0.1, 0.15) is 12.6 Å². The van der Waals surface area contributed by atoms with Gasteiger partial charge in [0.05, 0.1) is 10.5 Å². The minimum atomic E-state index is -4.04. The lowest BCUT2D eigenvalue weighted by molar-refractivity contribution is -0.154. The maximum atomic E-state index is 12.3. The van der Waals surface area contributed by atoms with Gasteiger partial charge in [-0.1, -0.05) is 12.1 Å². The molecule has 1 aliphatic rings. The van der Waals surface area contributed by atoms with Crippen molar-refractivity contribution in [3.8, 4) is 6.07 Å². The first-order valence-electron chi connectivity index (χ1n) is 8.72. The molecule has 9 heteroatoms. The Balaban J connectivity index is 1.89. The van der Waals surface area contributed by atoms with Gasteiger partial charge in [-0.05, 0) is 45.2 Å². The normalized spacial score (nSPS) is 20.0. The van der Waals surface area contributed by atoms with Crippen LogP contribution >= 0.6 is 0 Å². The number of hydrogen-bond acceptors (Lipinski definition) is 6. The monoisotopic (exact) mass is 393 g/mol. The van der Waals surface area contributed by atoms with Gasteiger partial charge in [-0.3, -0.25) is 9.59 Å². The number of carbonyl (C=O) groups excluding carboxylic acids is 2. The van der Waals surface area contributed by atoms with E-state index >= 15 is 0 Å². The number of amides is 1. The molecule has 0 radical (unpaired) electrons. The number of piperidine rings is 1. The van der Waals surface area contributed by atoms with E-state index in [4.69, 9.17) is 10.00 Å². The van der Waals surface area contributed by atoms with Gasteiger partial charge in [0.15, 0.2) is 6.61 Å². The van der Waals surface area contributed by atoms with Crippen molar-refractivity contribution in [2.45, 2.75) is 50.1 Å². The number of nitrogens with zero attached hydrogens (tertiary/aromatic N) is 2. The van der Waals surface area contributed by atoms with Gasteiger partial charge >= 0.3 is 5.97 Å². The molecular formula is C18H23N3O5S. The molecule has 1 aromatic carbocycles. The third kappa shape index (κ3) is 5.28. The van der Waals surface area contributed by atoms with E-state index < -0.39 is 29.1 Å². The van der Waals surface area contributed by atoms with Gasteiger partial charge in [-0.15, -0.1) is 0 Å². The molecule has 2 atom stereocenters. The molecule has 0 saturated carbocycles. The summed E-state index contributed by atoms with van der Waals surface area (Å²) >= 11 is 0. The summed E-state index contributed by atoms with van der Waals surface area (Å²) in [6.07, 6.45) is 2.86. The largest absolute Gasteiger partial charge is 0.455 e. The summed E-state index contributed by atoms with van der Waals surface area (Å²) in [5, 5.41) is 9.00. The lowest BCUT2D eigenvalue weighted by Gasteiger charge is -2.38. The van der Waals surface area contributed by atoms with Crippen LogP contribution in [0.1, 0.15) is 38.7 Å².